The second kappa shape index (κ2) is 5.30. The van der Waals surface area contributed by atoms with Gasteiger partial charge in [0.15, 0.2) is 0 Å². The maximum atomic E-state index is 12.0. The minimum atomic E-state index is -3.78. The molecule has 7 nitrogen and oxygen atoms in total. The summed E-state index contributed by atoms with van der Waals surface area (Å²) in [5.41, 5.74) is 2.28. The number of nitrogens with one attached hydrogen (secondary N) is 1. The molecule has 1 aromatic carbocycles. The number of sulfonamides is 1. The number of nitrogens with zero attached hydrogens (tertiary/aromatic N) is 1. The lowest BCUT2D eigenvalue weighted by Gasteiger charge is -2.12. The summed E-state index contributed by atoms with van der Waals surface area (Å²) in [5, 5.41) is 11.4. The summed E-state index contributed by atoms with van der Waals surface area (Å²) >= 11 is 0. The van der Waals surface area contributed by atoms with Crippen LogP contribution in [0, 0.1) is 20.8 Å². The first-order valence-corrected chi connectivity index (χ1v) is 7.62. The fourth-order valence-corrected chi connectivity index (χ4v) is 2.61. The van der Waals surface area contributed by atoms with Gasteiger partial charge in [-0.15, -0.1) is 0 Å². The summed E-state index contributed by atoms with van der Waals surface area (Å²) in [4.78, 5) is 12.0. The number of carbonyl (C=O) groups is 1. The number of anilines is 1. The Hall–Kier alpha value is -2.19. The van der Waals surface area contributed by atoms with Crippen molar-refractivity contribution in [3.8, 4) is 0 Å². The van der Waals surface area contributed by atoms with Gasteiger partial charge in [-0.3, -0.25) is 4.79 Å². The van der Waals surface area contributed by atoms with Crippen LogP contribution in [0.4, 0.5) is 5.69 Å². The Kier molecular flexibility index (Phi) is 3.84. The standard InChI is InChI=1S/C13H15N3O4S/c1-7-4-10(21(14,18)19)5-8(2)12(7)15-13(17)11-6-9(3)16-20-11/h4-6H,1-3H3,(H,15,17)(H2,14,18,19). The lowest BCUT2D eigenvalue weighted by Crippen LogP contribution is -2.16. The van der Waals surface area contributed by atoms with E-state index in [1.54, 1.807) is 20.8 Å². The monoisotopic (exact) mass is 309 g/mol. The van der Waals surface area contributed by atoms with Crippen LogP contribution in [0.15, 0.2) is 27.6 Å². The summed E-state index contributed by atoms with van der Waals surface area (Å²) in [6.07, 6.45) is 0. The highest BCUT2D eigenvalue weighted by molar-refractivity contribution is 7.89. The van der Waals surface area contributed by atoms with E-state index in [-0.39, 0.29) is 10.7 Å². The number of aryl methyl sites for hydroxylation is 3. The van der Waals surface area contributed by atoms with Crippen LogP contribution in [0.3, 0.4) is 0 Å². The molecule has 21 heavy (non-hydrogen) atoms. The number of benzene rings is 1. The van der Waals surface area contributed by atoms with Gasteiger partial charge < -0.3 is 9.84 Å². The summed E-state index contributed by atoms with van der Waals surface area (Å²) in [7, 11) is -3.78. The van der Waals surface area contributed by atoms with E-state index in [4.69, 9.17) is 9.66 Å². The molecule has 2 aromatic rings. The van der Waals surface area contributed by atoms with Gasteiger partial charge in [0.1, 0.15) is 0 Å². The van der Waals surface area contributed by atoms with Crippen molar-refractivity contribution in [3.63, 3.8) is 0 Å². The molecule has 0 saturated heterocycles. The molecule has 2 rings (SSSR count). The van der Waals surface area contributed by atoms with Crippen molar-refractivity contribution in [3.05, 3.63) is 40.8 Å². The van der Waals surface area contributed by atoms with E-state index in [9.17, 15) is 13.2 Å². The summed E-state index contributed by atoms with van der Waals surface area (Å²) in [5.74, 6) is -0.369. The SMILES string of the molecule is Cc1cc(C(=O)Nc2c(C)cc(S(N)(=O)=O)cc2C)on1. The molecule has 8 heteroatoms. The topological polar surface area (TPSA) is 115 Å². The molecule has 0 bridgehead atoms. The zero-order valence-electron chi connectivity index (χ0n) is 11.8. The Morgan fingerprint density at radius 3 is 2.19 bits per heavy atom. The maximum absolute atomic E-state index is 12.0. The molecule has 3 N–H and O–H groups in total. The zero-order chi connectivity index (χ0) is 15.8. The number of aromatic nitrogens is 1. The highest BCUT2D eigenvalue weighted by Crippen LogP contribution is 2.24. The predicted octanol–water partition coefficient (Wildman–Crippen LogP) is 1.50. The number of amides is 1. The predicted molar refractivity (Wildman–Crippen MR) is 76.5 cm³/mol. The molecule has 112 valence electrons. The van der Waals surface area contributed by atoms with E-state index < -0.39 is 15.9 Å². The van der Waals surface area contributed by atoms with E-state index in [0.29, 0.717) is 22.5 Å². The van der Waals surface area contributed by atoms with Crippen LogP contribution in [-0.2, 0) is 10.0 Å². The normalized spacial score (nSPS) is 11.4. The summed E-state index contributed by atoms with van der Waals surface area (Å²) in [6.45, 7) is 5.07. The molecule has 0 aliphatic heterocycles. The van der Waals surface area contributed by atoms with Crippen molar-refractivity contribution < 1.29 is 17.7 Å². The molecule has 1 heterocycles. The van der Waals surface area contributed by atoms with Gasteiger partial charge in [0.25, 0.3) is 5.91 Å². The van der Waals surface area contributed by atoms with Crippen LogP contribution in [0.5, 0.6) is 0 Å². The van der Waals surface area contributed by atoms with Gasteiger partial charge >= 0.3 is 0 Å². The van der Waals surface area contributed by atoms with Crippen molar-refractivity contribution in [1.29, 1.82) is 0 Å². The summed E-state index contributed by atoms with van der Waals surface area (Å²) in [6, 6.07) is 4.33. The molecule has 1 aromatic heterocycles. The molecule has 0 atom stereocenters. The quantitative estimate of drug-likeness (QED) is 0.891. The molecule has 1 amide bonds. The lowest BCUT2D eigenvalue weighted by atomic mass is 10.1. The third-order valence-corrected chi connectivity index (χ3v) is 3.82. The van der Waals surface area contributed by atoms with Crippen LogP contribution >= 0.6 is 0 Å². The highest BCUT2D eigenvalue weighted by atomic mass is 32.2. The fraction of sp³-hybridized carbons (Fsp3) is 0.231. The van der Waals surface area contributed by atoms with Gasteiger partial charge in [0.2, 0.25) is 15.8 Å². The lowest BCUT2D eigenvalue weighted by molar-refractivity contribution is 0.0987. The largest absolute Gasteiger partial charge is 0.351 e. The second-order valence-electron chi connectivity index (χ2n) is 4.76. The molecule has 0 aliphatic rings. The molecule has 0 fully saturated rings. The van der Waals surface area contributed by atoms with Crippen molar-refractivity contribution >= 4 is 21.6 Å². The smallest absolute Gasteiger partial charge is 0.294 e. The van der Waals surface area contributed by atoms with Crippen molar-refractivity contribution in [2.24, 2.45) is 5.14 Å². The first-order valence-electron chi connectivity index (χ1n) is 6.07. The molecular formula is C13H15N3O4S. The molecule has 0 unspecified atom stereocenters. The Balaban J connectivity index is 2.35. The maximum Gasteiger partial charge on any atom is 0.294 e. The van der Waals surface area contributed by atoms with Gasteiger partial charge in [-0.05, 0) is 44.0 Å². The number of carbonyl (C=O) groups excluding carboxylic acids is 1. The van der Waals surface area contributed by atoms with Gasteiger partial charge in [-0.1, -0.05) is 5.16 Å². The van der Waals surface area contributed by atoms with Crippen molar-refractivity contribution in [2.75, 3.05) is 5.32 Å². The van der Waals surface area contributed by atoms with Crippen molar-refractivity contribution in [1.82, 2.24) is 5.16 Å². The van der Waals surface area contributed by atoms with Gasteiger partial charge in [-0.2, -0.15) is 0 Å². The van der Waals surface area contributed by atoms with E-state index in [0.717, 1.165) is 0 Å². The third kappa shape index (κ3) is 3.29. The van der Waals surface area contributed by atoms with Crippen LogP contribution in [0.1, 0.15) is 27.4 Å². The van der Waals surface area contributed by atoms with E-state index in [2.05, 4.69) is 10.5 Å². The Morgan fingerprint density at radius 1 is 1.19 bits per heavy atom. The molecular weight excluding hydrogens is 294 g/mol. The third-order valence-electron chi connectivity index (χ3n) is 2.93. The minimum absolute atomic E-state index is 0.00556. The molecule has 0 spiro atoms. The van der Waals surface area contributed by atoms with E-state index in [1.165, 1.54) is 18.2 Å². The van der Waals surface area contributed by atoms with E-state index >= 15 is 0 Å². The van der Waals surface area contributed by atoms with Gasteiger partial charge in [-0.25, -0.2) is 13.6 Å². The summed E-state index contributed by atoms with van der Waals surface area (Å²) < 4.78 is 27.6. The van der Waals surface area contributed by atoms with Crippen LogP contribution in [0.2, 0.25) is 0 Å². The molecule has 0 aliphatic carbocycles. The average Bonchev–Trinajstić information content (AvgIpc) is 2.79. The number of primary sulfonamides is 1. The Morgan fingerprint density at radius 2 is 1.76 bits per heavy atom. The first kappa shape index (κ1) is 15.2. The number of rotatable bonds is 3. The average molecular weight is 309 g/mol. The Labute approximate surface area is 122 Å². The van der Waals surface area contributed by atoms with Crippen LogP contribution < -0.4 is 10.5 Å². The van der Waals surface area contributed by atoms with Crippen LogP contribution in [-0.4, -0.2) is 19.5 Å². The van der Waals surface area contributed by atoms with E-state index in [1.807, 2.05) is 0 Å². The molecule has 0 saturated carbocycles. The number of nitrogens with two attached hydrogens (primary N) is 1. The van der Waals surface area contributed by atoms with Crippen molar-refractivity contribution in [2.45, 2.75) is 25.7 Å². The number of hydrogen-bond donors (Lipinski definition) is 2. The number of hydrogen-bond acceptors (Lipinski definition) is 5. The molecule has 0 radical (unpaired) electrons. The Bertz CT molecular complexity index is 786. The van der Waals surface area contributed by atoms with Gasteiger partial charge in [0, 0.05) is 11.8 Å². The second-order valence-corrected chi connectivity index (χ2v) is 6.33. The van der Waals surface area contributed by atoms with Crippen LogP contribution in [0.25, 0.3) is 0 Å². The highest BCUT2D eigenvalue weighted by Gasteiger charge is 2.17. The minimum Gasteiger partial charge on any atom is -0.351 e. The van der Waals surface area contributed by atoms with Gasteiger partial charge in [0.05, 0.1) is 10.6 Å². The zero-order valence-corrected chi connectivity index (χ0v) is 12.6. The first-order chi connectivity index (χ1) is 9.68. The fourth-order valence-electron chi connectivity index (χ4n) is 1.93.